The Hall–Kier alpha value is -1.00. The third kappa shape index (κ3) is 2.65. The van der Waals surface area contributed by atoms with Gasteiger partial charge in [-0.2, -0.15) is 11.8 Å². The van der Waals surface area contributed by atoms with Crippen molar-refractivity contribution in [2.75, 3.05) is 18.1 Å². The smallest absolute Gasteiger partial charge is 0.213 e. The standard InChI is InChI=1S/C15H20N2OS/c1-15(2,3)10-4-5-13-11(8-10)17-14(18-13)12-9-19-7-6-16-12/h4-5,8,12,16H,6-7,9H2,1-3H3. The van der Waals surface area contributed by atoms with E-state index in [0.717, 1.165) is 29.3 Å². The van der Waals surface area contributed by atoms with Crippen LogP contribution in [0.25, 0.3) is 11.1 Å². The number of aromatic nitrogens is 1. The second kappa shape index (κ2) is 4.84. The molecule has 1 fully saturated rings. The maximum Gasteiger partial charge on any atom is 0.213 e. The molecular formula is C15H20N2OS. The minimum atomic E-state index is 0.145. The zero-order valence-electron chi connectivity index (χ0n) is 11.7. The first-order valence-corrected chi connectivity index (χ1v) is 7.91. The lowest BCUT2D eigenvalue weighted by Gasteiger charge is -2.19. The number of nitrogens with zero attached hydrogens (tertiary/aromatic N) is 1. The van der Waals surface area contributed by atoms with E-state index in [1.165, 1.54) is 11.3 Å². The highest BCUT2D eigenvalue weighted by Gasteiger charge is 2.21. The Balaban J connectivity index is 1.96. The van der Waals surface area contributed by atoms with Crippen LogP contribution in [0.3, 0.4) is 0 Å². The Bertz CT molecular complexity index is 579. The van der Waals surface area contributed by atoms with Gasteiger partial charge in [-0.1, -0.05) is 26.8 Å². The molecule has 1 aromatic heterocycles. The van der Waals surface area contributed by atoms with E-state index in [9.17, 15) is 0 Å². The van der Waals surface area contributed by atoms with Crippen molar-refractivity contribution in [2.24, 2.45) is 0 Å². The molecule has 1 saturated heterocycles. The molecule has 3 nitrogen and oxygen atoms in total. The molecule has 1 N–H and O–H groups in total. The van der Waals surface area contributed by atoms with Crippen LogP contribution in [0.1, 0.15) is 38.3 Å². The van der Waals surface area contributed by atoms with Gasteiger partial charge in [-0.3, -0.25) is 0 Å². The minimum absolute atomic E-state index is 0.145. The van der Waals surface area contributed by atoms with Crippen molar-refractivity contribution in [3.05, 3.63) is 29.7 Å². The Morgan fingerprint density at radius 2 is 2.21 bits per heavy atom. The first kappa shape index (κ1) is 13.0. The number of rotatable bonds is 1. The highest BCUT2D eigenvalue weighted by molar-refractivity contribution is 7.99. The lowest BCUT2D eigenvalue weighted by Crippen LogP contribution is -2.30. The van der Waals surface area contributed by atoms with Crippen LogP contribution < -0.4 is 5.32 Å². The molecule has 0 amide bonds. The van der Waals surface area contributed by atoms with Crippen LogP contribution in [0, 0.1) is 0 Å². The Morgan fingerprint density at radius 3 is 2.89 bits per heavy atom. The van der Waals surface area contributed by atoms with E-state index in [0.29, 0.717) is 0 Å². The van der Waals surface area contributed by atoms with Crippen molar-refractivity contribution in [3.63, 3.8) is 0 Å². The highest BCUT2D eigenvalue weighted by Crippen LogP contribution is 2.29. The van der Waals surface area contributed by atoms with Crippen LogP contribution in [0.4, 0.5) is 0 Å². The summed E-state index contributed by atoms with van der Waals surface area (Å²) in [7, 11) is 0. The number of benzene rings is 1. The van der Waals surface area contributed by atoms with Gasteiger partial charge in [-0.05, 0) is 23.1 Å². The zero-order chi connectivity index (χ0) is 13.5. The third-order valence-corrected chi connectivity index (χ3v) is 4.55. The monoisotopic (exact) mass is 276 g/mol. The first-order chi connectivity index (χ1) is 9.04. The predicted molar refractivity (Wildman–Crippen MR) is 80.8 cm³/mol. The molecule has 1 atom stereocenters. The molecule has 2 heterocycles. The van der Waals surface area contributed by atoms with Crippen LogP contribution in [-0.2, 0) is 5.41 Å². The fraction of sp³-hybridized carbons (Fsp3) is 0.533. The summed E-state index contributed by atoms with van der Waals surface area (Å²) in [5.41, 5.74) is 3.30. The maximum absolute atomic E-state index is 5.89. The predicted octanol–water partition coefficient (Wildman–Crippen LogP) is 3.50. The molecule has 1 unspecified atom stereocenters. The van der Waals surface area contributed by atoms with E-state index >= 15 is 0 Å². The summed E-state index contributed by atoms with van der Waals surface area (Å²) in [5.74, 6) is 3.04. The normalized spacial score (nSPS) is 20.9. The molecule has 3 rings (SSSR count). The van der Waals surface area contributed by atoms with Crippen LogP contribution in [-0.4, -0.2) is 23.0 Å². The number of nitrogens with one attached hydrogen (secondary N) is 1. The van der Waals surface area contributed by atoms with Gasteiger partial charge in [-0.25, -0.2) is 4.98 Å². The van der Waals surface area contributed by atoms with Crippen molar-refractivity contribution in [1.82, 2.24) is 10.3 Å². The number of thioether (sulfide) groups is 1. The van der Waals surface area contributed by atoms with Gasteiger partial charge in [0, 0.05) is 18.1 Å². The van der Waals surface area contributed by atoms with Crippen molar-refractivity contribution >= 4 is 22.9 Å². The van der Waals surface area contributed by atoms with Crippen molar-refractivity contribution in [1.29, 1.82) is 0 Å². The summed E-state index contributed by atoms with van der Waals surface area (Å²) in [6, 6.07) is 6.59. The third-order valence-electron chi connectivity index (χ3n) is 3.49. The molecule has 1 aliphatic rings. The molecule has 0 radical (unpaired) electrons. The summed E-state index contributed by atoms with van der Waals surface area (Å²) in [6.45, 7) is 7.68. The van der Waals surface area contributed by atoms with Crippen molar-refractivity contribution in [2.45, 2.75) is 32.2 Å². The van der Waals surface area contributed by atoms with Gasteiger partial charge in [0.05, 0.1) is 6.04 Å². The zero-order valence-corrected chi connectivity index (χ0v) is 12.5. The number of hydrogen-bond donors (Lipinski definition) is 1. The highest BCUT2D eigenvalue weighted by atomic mass is 32.2. The van der Waals surface area contributed by atoms with Gasteiger partial charge in [0.1, 0.15) is 5.52 Å². The van der Waals surface area contributed by atoms with E-state index in [4.69, 9.17) is 4.42 Å². The van der Waals surface area contributed by atoms with E-state index in [1.54, 1.807) is 0 Å². The number of fused-ring (bicyclic) bond motifs is 1. The largest absolute Gasteiger partial charge is 0.439 e. The molecule has 2 aromatic rings. The SMILES string of the molecule is CC(C)(C)c1ccc2oc(C3CSCCN3)nc2c1. The molecule has 0 spiro atoms. The summed E-state index contributed by atoms with van der Waals surface area (Å²) in [5, 5.41) is 3.46. The molecule has 4 heteroatoms. The average molecular weight is 276 g/mol. The molecule has 19 heavy (non-hydrogen) atoms. The maximum atomic E-state index is 5.89. The van der Waals surface area contributed by atoms with Crippen LogP contribution in [0.5, 0.6) is 0 Å². The first-order valence-electron chi connectivity index (χ1n) is 6.76. The van der Waals surface area contributed by atoms with Crippen LogP contribution in [0.2, 0.25) is 0 Å². The second-order valence-corrected chi connectivity index (χ2v) is 7.22. The van der Waals surface area contributed by atoms with E-state index < -0.39 is 0 Å². The molecule has 0 saturated carbocycles. The Morgan fingerprint density at radius 1 is 1.37 bits per heavy atom. The van der Waals surface area contributed by atoms with E-state index in [-0.39, 0.29) is 11.5 Å². The van der Waals surface area contributed by atoms with E-state index in [2.05, 4.69) is 43.2 Å². The fourth-order valence-electron chi connectivity index (χ4n) is 2.28. The van der Waals surface area contributed by atoms with E-state index in [1.807, 2.05) is 17.8 Å². The minimum Gasteiger partial charge on any atom is -0.439 e. The summed E-state index contributed by atoms with van der Waals surface area (Å²) >= 11 is 1.95. The van der Waals surface area contributed by atoms with Crippen molar-refractivity contribution in [3.8, 4) is 0 Å². The quantitative estimate of drug-likeness (QED) is 0.865. The summed E-state index contributed by atoms with van der Waals surface area (Å²) < 4.78 is 5.89. The van der Waals surface area contributed by atoms with Crippen LogP contribution in [0.15, 0.2) is 22.6 Å². The molecule has 1 aliphatic heterocycles. The van der Waals surface area contributed by atoms with Gasteiger partial charge in [0.2, 0.25) is 5.89 Å². The molecule has 1 aromatic carbocycles. The van der Waals surface area contributed by atoms with Crippen LogP contribution >= 0.6 is 11.8 Å². The van der Waals surface area contributed by atoms with Crippen molar-refractivity contribution < 1.29 is 4.42 Å². The molecule has 102 valence electrons. The molecule has 0 bridgehead atoms. The second-order valence-electron chi connectivity index (χ2n) is 6.07. The topological polar surface area (TPSA) is 38.1 Å². The molecular weight excluding hydrogens is 256 g/mol. The van der Waals surface area contributed by atoms with Gasteiger partial charge >= 0.3 is 0 Å². The Labute approximate surface area is 118 Å². The lowest BCUT2D eigenvalue weighted by molar-refractivity contribution is 0.441. The summed E-state index contributed by atoms with van der Waals surface area (Å²) in [4.78, 5) is 4.67. The number of oxazole rings is 1. The Kier molecular flexibility index (Phi) is 3.31. The summed E-state index contributed by atoms with van der Waals surface area (Å²) in [6.07, 6.45) is 0. The van der Waals surface area contributed by atoms with Gasteiger partial charge in [-0.15, -0.1) is 0 Å². The van der Waals surface area contributed by atoms with Gasteiger partial charge in [0.25, 0.3) is 0 Å². The lowest BCUT2D eigenvalue weighted by atomic mass is 9.87. The van der Waals surface area contributed by atoms with Gasteiger partial charge in [0.15, 0.2) is 5.58 Å². The average Bonchev–Trinajstić information content (AvgIpc) is 2.81. The number of hydrogen-bond acceptors (Lipinski definition) is 4. The molecule has 0 aliphatic carbocycles. The van der Waals surface area contributed by atoms with Gasteiger partial charge < -0.3 is 9.73 Å². The fourth-order valence-corrected chi connectivity index (χ4v) is 3.21.